The van der Waals surface area contributed by atoms with Gasteiger partial charge in [-0.05, 0) is 50.7 Å². The summed E-state index contributed by atoms with van der Waals surface area (Å²) in [5.74, 6) is 0.477. The number of amides is 1. The van der Waals surface area contributed by atoms with E-state index in [1.165, 1.54) is 24.5 Å². The van der Waals surface area contributed by atoms with Gasteiger partial charge in [0.25, 0.3) is 0 Å². The van der Waals surface area contributed by atoms with E-state index in [1.54, 1.807) is 19.1 Å². The number of aromatic nitrogens is 1. The smallest absolute Gasteiger partial charge is 0.240 e. The van der Waals surface area contributed by atoms with Crippen molar-refractivity contribution in [2.24, 2.45) is 0 Å². The van der Waals surface area contributed by atoms with Crippen molar-refractivity contribution in [3.8, 4) is 16.3 Å². The van der Waals surface area contributed by atoms with E-state index in [0.29, 0.717) is 23.6 Å². The minimum atomic E-state index is -3.61. The number of ether oxygens (including phenoxy) is 1. The fourth-order valence-electron chi connectivity index (χ4n) is 2.88. The number of benzene rings is 2. The van der Waals surface area contributed by atoms with Crippen LogP contribution in [-0.4, -0.2) is 33.0 Å². The van der Waals surface area contributed by atoms with Gasteiger partial charge in [-0.15, -0.1) is 11.3 Å². The third kappa shape index (κ3) is 5.05. The highest BCUT2D eigenvalue weighted by Crippen LogP contribution is 2.32. The third-order valence-electron chi connectivity index (χ3n) is 4.34. The summed E-state index contributed by atoms with van der Waals surface area (Å²) in [6, 6.07) is 12.4. The van der Waals surface area contributed by atoms with E-state index in [1.807, 2.05) is 36.6 Å². The minimum Gasteiger partial charge on any atom is -0.493 e. The maximum Gasteiger partial charge on any atom is 0.240 e. The highest BCUT2D eigenvalue weighted by atomic mass is 32.2. The second-order valence-corrected chi connectivity index (χ2v) is 9.20. The van der Waals surface area contributed by atoms with Crippen LogP contribution in [0.2, 0.25) is 0 Å². The van der Waals surface area contributed by atoms with E-state index < -0.39 is 10.0 Å². The average molecular weight is 446 g/mol. The Kier molecular flexibility index (Phi) is 6.86. The van der Waals surface area contributed by atoms with E-state index >= 15 is 0 Å². The van der Waals surface area contributed by atoms with Crippen LogP contribution in [0.5, 0.6) is 5.75 Å². The molecule has 0 spiro atoms. The number of anilines is 1. The first-order valence-corrected chi connectivity index (χ1v) is 11.7. The molecule has 158 valence electrons. The van der Waals surface area contributed by atoms with Crippen LogP contribution in [0, 0.1) is 6.92 Å². The Bertz CT molecular complexity index is 1160. The summed E-state index contributed by atoms with van der Waals surface area (Å²) in [5, 5.41) is 5.36. The number of para-hydroxylation sites is 1. The monoisotopic (exact) mass is 445 g/mol. The molecule has 1 amide bonds. The number of carbonyl (C=O) groups excluding carboxylic acids is 1. The standard InChI is InChI=1S/C21H23N3O4S2/c1-4-28-18-8-6-5-7-17(18)21-24-16(13-29-21)12-20(25)23-15-10-9-14(2)19(11-15)30(26,27)22-3/h5-11,13,22H,4,12H2,1-3H3,(H,23,25). The molecule has 2 N–H and O–H groups in total. The molecule has 0 unspecified atom stereocenters. The Morgan fingerprint density at radius 2 is 1.97 bits per heavy atom. The number of hydrogen-bond donors (Lipinski definition) is 2. The predicted molar refractivity (Wildman–Crippen MR) is 118 cm³/mol. The van der Waals surface area contributed by atoms with Crippen LogP contribution in [0.3, 0.4) is 0 Å². The zero-order valence-electron chi connectivity index (χ0n) is 16.9. The number of nitrogens with one attached hydrogen (secondary N) is 2. The molecule has 9 heteroatoms. The van der Waals surface area contributed by atoms with Gasteiger partial charge in [-0.25, -0.2) is 18.1 Å². The lowest BCUT2D eigenvalue weighted by molar-refractivity contribution is -0.115. The predicted octanol–water partition coefficient (Wildman–Crippen LogP) is 3.61. The van der Waals surface area contributed by atoms with Crippen molar-refractivity contribution in [1.82, 2.24) is 9.71 Å². The molecule has 1 heterocycles. The maximum absolute atomic E-state index is 12.5. The van der Waals surface area contributed by atoms with Crippen molar-refractivity contribution in [3.63, 3.8) is 0 Å². The minimum absolute atomic E-state index is 0.0787. The van der Waals surface area contributed by atoms with Crippen LogP contribution in [0.4, 0.5) is 5.69 Å². The number of nitrogens with zero attached hydrogens (tertiary/aromatic N) is 1. The Hall–Kier alpha value is -2.75. The summed E-state index contributed by atoms with van der Waals surface area (Å²) in [4.78, 5) is 17.2. The van der Waals surface area contributed by atoms with Gasteiger partial charge in [0.2, 0.25) is 15.9 Å². The van der Waals surface area contributed by atoms with Crippen molar-refractivity contribution >= 4 is 33.0 Å². The molecule has 0 saturated carbocycles. The molecule has 0 radical (unpaired) electrons. The van der Waals surface area contributed by atoms with Gasteiger partial charge in [0.1, 0.15) is 10.8 Å². The third-order valence-corrected chi connectivity index (χ3v) is 6.82. The number of rotatable bonds is 8. The Balaban J connectivity index is 1.74. The van der Waals surface area contributed by atoms with Crippen molar-refractivity contribution in [2.45, 2.75) is 25.2 Å². The zero-order valence-corrected chi connectivity index (χ0v) is 18.6. The number of thiazole rings is 1. The summed E-state index contributed by atoms with van der Waals surface area (Å²) >= 11 is 1.44. The molecule has 0 aliphatic rings. The van der Waals surface area contributed by atoms with Crippen molar-refractivity contribution < 1.29 is 17.9 Å². The van der Waals surface area contributed by atoms with Gasteiger partial charge in [0, 0.05) is 11.1 Å². The summed E-state index contributed by atoms with van der Waals surface area (Å²) in [7, 11) is -2.26. The zero-order chi connectivity index (χ0) is 21.7. The van der Waals surface area contributed by atoms with Crippen LogP contribution in [0.1, 0.15) is 18.2 Å². The summed E-state index contributed by atoms with van der Waals surface area (Å²) in [6.45, 7) is 4.18. The van der Waals surface area contributed by atoms with Gasteiger partial charge < -0.3 is 10.1 Å². The van der Waals surface area contributed by atoms with E-state index in [0.717, 1.165) is 16.3 Å². The van der Waals surface area contributed by atoms with Crippen LogP contribution in [0.15, 0.2) is 52.7 Å². The number of hydrogen-bond acceptors (Lipinski definition) is 6. The lowest BCUT2D eigenvalue weighted by atomic mass is 10.2. The highest BCUT2D eigenvalue weighted by Gasteiger charge is 2.17. The van der Waals surface area contributed by atoms with Crippen molar-refractivity contribution in [1.29, 1.82) is 0 Å². The Labute approximate surface area is 180 Å². The molecule has 2 aromatic carbocycles. The van der Waals surface area contributed by atoms with E-state index in [2.05, 4.69) is 15.0 Å². The molecule has 1 aromatic heterocycles. The summed E-state index contributed by atoms with van der Waals surface area (Å²) in [5.41, 5.74) is 2.53. The highest BCUT2D eigenvalue weighted by molar-refractivity contribution is 7.89. The molecular weight excluding hydrogens is 422 g/mol. The fraction of sp³-hybridized carbons (Fsp3) is 0.238. The molecule has 3 rings (SSSR count). The molecule has 0 atom stereocenters. The van der Waals surface area contributed by atoms with Crippen molar-refractivity contribution in [3.05, 3.63) is 59.1 Å². The van der Waals surface area contributed by atoms with Gasteiger partial charge in [0.05, 0.1) is 29.2 Å². The molecule has 0 aliphatic carbocycles. The molecule has 0 bridgehead atoms. The summed E-state index contributed by atoms with van der Waals surface area (Å²) < 4.78 is 32.2. The number of aryl methyl sites for hydroxylation is 1. The normalized spacial score (nSPS) is 11.3. The van der Waals surface area contributed by atoms with Crippen molar-refractivity contribution in [2.75, 3.05) is 19.0 Å². The second kappa shape index (κ2) is 9.38. The van der Waals surface area contributed by atoms with E-state index in [-0.39, 0.29) is 17.2 Å². The lowest BCUT2D eigenvalue weighted by Crippen LogP contribution is -2.20. The first-order valence-electron chi connectivity index (χ1n) is 9.34. The first-order chi connectivity index (χ1) is 14.3. The van der Waals surface area contributed by atoms with E-state index in [9.17, 15) is 13.2 Å². The van der Waals surface area contributed by atoms with Gasteiger partial charge in [-0.3, -0.25) is 4.79 Å². The Morgan fingerprint density at radius 1 is 1.20 bits per heavy atom. The molecule has 0 saturated heterocycles. The number of sulfonamides is 1. The van der Waals surface area contributed by atoms with Gasteiger partial charge >= 0.3 is 0 Å². The Morgan fingerprint density at radius 3 is 2.70 bits per heavy atom. The topological polar surface area (TPSA) is 97.4 Å². The van der Waals surface area contributed by atoms with Crippen LogP contribution in [0.25, 0.3) is 10.6 Å². The number of carbonyl (C=O) groups is 1. The quantitative estimate of drug-likeness (QED) is 0.552. The molecule has 0 fully saturated rings. The summed E-state index contributed by atoms with van der Waals surface area (Å²) in [6.07, 6.45) is 0.0787. The van der Waals surface area contributed by atoms with Crippen LogP contribution >= 0.6 is 11.3 Å². The van der Waals surface area contributed by atoms with Crippen LogP contribution in [-0.2, 0) is 21.2 Å². The molecule has 3 aromatic rings. The second-order valence-electron chi connectivity index (χ2n) is 6.49. The first kappa shape index (κ1) is 21.9. The van der Waals surface area contributed by atoms with Gasteiger partial charge in [-0.2, -0.15) is 0 Å². The average Bonchev–Trinajstić information content (AvgIpc) is 3.18. The van der Waals surface area contributed by atoms with E-state index in [4.69, 9.17) is 4.74 Å². The van der Waals surface area contributed by atoms with Gasteiger partial charge in [-0.1, -0.05) is 18.2 Å². The fourth-order valence-corrected chi connectivity index (χ4v) is 4.73. The molecule has 0 aliphatic heterocycles. The molecular formula is C21H23N3O4S2. The van der Waals surface area contributed by atoms with Gasteiger partial charge in [0.15, 0.2) is 0 Å². The molecule has 30 heavy (non-hydrogen) atoms. The SMILES string of the molecule is CCOc1ccccc1-c1nc(CC(=O)Nc2ccc(C)c(S(=O)(=O)NC)c2)cs1. The maximum atomic E-state index is 12.5. The van der Waals surface area contributed by atoms with Crippen LogP contribution < -0.4 is 14.8 Å². The lowest BCUT2D eigenvalue weighted by Gasteiger charge is -2.10. The largest absolute Gasteiger partial charge is 0.493 e. The molecule has 7 nitrogen and oxygen atoms in total.